The number of rotatable bonds is 3. The quantitative estimate of drug-likeness (QED) is 0.835. The van der Waals surface area contributed by atoms with E-state index < -0.39 is 5.54 Å². The van der Waals surface area contributed by atoms with Crippen molar-refractivity contribution in [1.82, 2.24) is 10.2 Å². The molecule has 15 heavy (non-hydrogen) atoms. The van der Waals surface area contributed by atoms with Crippen LogP contribution in [0.2, 0.25) is 0 Å². The van der Waals surface area contributed by atoms with Gasteiger partial charge in [0.15, 0.2) is 0 Å². The highest BCUT2D eigenvalue weighted by Crippen LogP contribution is 2.33. The molecule has 1 fully saturated rings. The molecular weight excluding hydrogens is 236 g/mol. The molecule has 0 aliphatic heterocycles. The van der Waals surface area contributed by atoms with Gasteiger partial charge in [0.05, 0.1) is 5.54 Å². The van der Waals surface area contributed by atoms with Crippen molar-refractivity contribution < 1.29 is 4.79 Å². The number of hydrogen-bond acceptors (Lipinski definition) is 5. The molecule has 1 aromatic rings. The highest BCUT2D eigenvalue weighted by atomic mass is 35.5. The van der Waals surface area contributed by atoms with Gasteiger partial charge in [-0.3, -0.25) is 10.1 Å². The number of carbonyl (C=O) groups is 1. The number of anilines is 1. The van der Waals surface area contributed by atoms with E-state index in [0.717, 1.165) is 24.3 Å². The summed E-state index contributed by atoms with van der Waals surface area (Å²) in [7, 11) is 0. The third kappa shape index (κ3) is 2.64. The average molecular weight is 249 g/mol. The lowest BCUT2D eigenvalue weighted by molar-refractivity contribution is -0.118. The lowest BCUT2D eigenvalue weighted by atomic mass is 10.3. The Morgan fingerprint density at radius 2 is 2.27 bits per heavy atom. The third-order valence-corrected chi connectivity index (χ3v) is 3.21. The van der Waals surface area contributed by atoms with Gasteiger partial charge in [-0.05, 0) is 19.3 Å². The number of nitrogens with zero attached hydrogens (tertiary/aromatic N) is 2. The Balaban J connectivity index is 0.00000112. The van der Waals surface area contributed by atoms with Crippen LogP contribution in [0, 0.1) is 0 Å². The predicted octanol–water partition coefficient (Wildman–Crippen LogP) is 0.952. The van der Waals surface area contributed by atoms with Crippen molar-refractivity contribution >= 4 is 34.8 Å². The van der Waals surface area contributed by atoms with Gasteiger partial charge < -0.3 is 5.73 Å². The molecule has 1 saturated carbocycles. The smallest absolute Gasteiger partial charge is 0.246 e. The summed E-state index contributed by atoms with van der Waals surface area (Å²) < 4.78 is 0. The largest absolute Gasteiger partial charge is 0.317 e. The normalized spacial score (nSPS) is 16.7. The topological polar surface area (TPSA) is 80.9 Å². The highest BCUT2D eigenvalue weighted by molar-refractivity contribution is 7.15. The van der Waals surface area contributed by atoms with E-state index in [-0.39, 0.29) is 18.3 Å². The Bertz CT molecular complexity index is 363. The number of hydrogen-bond donors (Lipinski definition) is 2. The van der Waals surface area contributed by atoms with Gasteiger partial charge in [-0.1, -0.05) is 18.3 Å². The minimum atomic E-state index is -0.641. The van der Waals surface area contributed by atoms with Crippen LogP contribution in [-0.2, 0) is 11.2 Å². The first kappa shape index (κ1) is 12.4. The second-order valence-electron chi connectivity index (χ2n) is 3.46. The van der Waals surface area contributed by atoms with Gasteiger partial charge in [-0.25, -0.2) is 0 Å². The summed E-state index contributed by atoms with van der Waals surface area (Å²) in [5, 5.41) is 11.9. The molecule has 7 heteroatoms. The third-order valence-electron chi connectivity index (χ3n) is 2.23. The van der Waals surface area contributed by atoms with E-state index in [0.29, 0.717) is 5.13 Å². The zero-order chi connectivity index (χ0) is 10.2. The Morgan fingerprint density at radius 1 is 1.60 bits per heavy atom. The maximum absolute atomic E-state index is 11.5. The Hall–Kier alpha value is -0.720. The van der Waals surface area contributed by atoms with E-state index in [1.165, 1.54) is 11.3 Å². The number of nitrogens with one attached hydrogen (secondary N) is 1. The van der Waals surface area contributed by atoms with Gasteiger partial charge in [0, 0.05) is 0 Å². The van der Waals surface area contributed by atoms with Crippen LogP contribution >= 0.6 is 23.7 Å². The second kappa shape index (κ2) is 4.42. The SMILES string of the molecule is CCc1nnc(NC(=O)C2(N)CC2)s1.Cl. The number of aryl methyl sites for hydroxylation is 1. The minimum Gasteiger partial charge on any atom is -0.317 e. The van der Waals surface area contributed by atoms with Crippen LogP contribution < -0.4 is 11.1 Å². The Kier molecular flexibility index (Phi) is 3.64. The Morgan fingerprint density at radius 3 is 2.73 bits per heavy atom. The molecule has 0 unspecified atom stereocenters. The summed E-state index contributed by atoms with van der Waals surface area (Å²) in [6.45, 7) is 2.00. The molecule has 0 saturated heterocycles. The summed E-state index contributed by atoms with van der Waals surface area (Å²) in [6.07, 6.45) is 2.36. The molecule has 1 aromatic heterocycles. The van der Waals surface area contributed by atoms with Gasteiger partial charge in [0.1, 0.15) is 5.01 Å². The zero-order valence-corrected chi connectivity index (χ0v) is 9.95. The highest BCUT2D eigenvalue weighted by Gasteiger charge is 2.46. The van der Waals surface area contributed by atoms with Crippen LogP contribution in [-0.4, -0.2) is 21.6 Å². The van der Waals surface area contributed by atoms with E-state index >= 15 is 0 Å². The predicted molar refractivity (Wildman–Crippen MR) is 61.3 cm³/mol. The first-order chi connectivity index (χ1) is 6.64. The fourth-order valence-electron chi connectivity index (χ4n) is 1.03. The summed E-state index contributed by atoms with van der Waals surface area (Å²) in [5.74, 6) is -0.142. The minimum absolute atomic E-state index is 0. The Labute approximate surface area is 97.9 Å². The number of aromatic nitrogens is 2. The van der Waals surface area contributed by atoms with Crippen molar-refractivity contribution in [2.45, 2.75) is 31.7 Å². The van der Waals surface area contributed by atoms with Crippen LogP contribution in [0.1, 0.15) is 24.8 Å². The molecular formula is C8H13ClN4OS. The van der Waals surface area contributed by atoms with Crippen LogP contribution in [0.5, 0.6) is 0 Å². The average Bonchev–Trinajstić information content (AvgIpc) is 2.77. The first-order valence-electron chi connectivity index (χ1n) is 4.57. The van der Waals surface area contributed by atoms with Crippen molar-refractivity contribution in [3.8, 4) is 0 Å². The maximum atomic E-state index is 11.5. The van der Waals surface area contributed by atoms with E-state index in [1.807, 2.05) is 6.92 Å². The lowest BCUT2D eigenvalue weighted by Gasteiger charge is -2.05. The number of halogens is 1. The van der Waals surface area contributed by atoms with Crippen molar-refractivity contribution in [2.24, 2.45) is 5.73 Å². The molecule has 0 atom stereocenters. The molecule has 1 aliphatic rings. The monoisotopic (exact) mass is 248 g/mol. The number of amides is 1. The summed E-state index contributed by atoms with van der Waals surface area (Å²) >= 11 is 1.40. The second-order valence-corrected chi connectivity index (χ2v) is 4.53. The molecule has 0 bridgehead atoms. The van der Waals surface area contributed by atoms with E-state index in [2.05, 4.69) is 15.5 Å². The summed E-state index contributed by atoms with van der Waals surface area (Å²) in [6, 6.07) is 0. The van der Waals surface area contributed by atoms with Crippen molar-refractivity contribution in [3.63, 3.8) is 0 Å². The van der Waals surface area contributed by atoms with Crippen LogP contribution in [0.4, 0.5) is 5.13 Å². The van der Waals surface area contributed by atoms with Gasteiger partial charge in [0.25, 0.3) is 0 Å². The molecule has 1 heterocycles. The van der Waals surface area contributed by atoms with Crippen molar-refractivity contribution in [2.75, 3.05) is 5.32 Å². The van der Waals surface area contributed by atoms with Crippen molar-refractivity contribution in [3.05, 3.63) is 5.01 Å². The molecule has 0 radical (unpaired) electrons. The number of carbonyl (C=O) groups excluding carboxylic acids is 1. The molecule has 0 spiro atoms. The van der Waals surface area contributed by atoms with E-state index in [1.54, 1.807) is 0 Å². The molecule has 0 aromatic carbocycles. The van der Waals surface area contributed by atoms with Crippen LogP contribution in [0.15, 0.2) is 0 Å². The van der Waals surface area contributed by atoms with Gasteiger partial charge in [-0.15, -0.1) is 22.6 Å². The van der Waals surface area contributed by atoms with E-state index in [4.69, 9.17) is 5.73 Å². The summed E-state index contributed by atoms with van der Waals surface area (Å²) in [4.78, 5) is 11.5. The molecule has 1 amide bonds. The molecule has 84 valence electrons. The lowest BCUT2D eigenvalue weighted by Crippen LogP contribution is -2.37. The van der Waals surface area contributed by atoms with Gasteiger partial charge in [0.2, 0.25) is 11.0 Å². The van der Waals surface area contributed by atoms with Gasteiger partial charge >= 0.3 is 0 Å². The molecule has 5 nitrogen and oxygen atoms in total. The first-order valence-corrected chi connectivity index (χ1v) is 5.38. The fourth-order valence-corrected chi connectivity index (χ4v) is 1.70. The maximum Gasteiger partial charge on any atom is 0.246 e. The molecule has 3 N–H and O–H groups in total. The van der Waals surface area contributed by atoms with Crippen molar-refractivity contribution in [1.29, 1.82) is 0 Å². The van der Waals surface area contributed by atoms with Crippen LogP contribution in [0.25, 0.3) is 0 Å². The van der Waals surface area contributed by atoms with E-state index in [9.17, 15) is 4.79 Å². The number of nitrogens with two attached hydrogens (primary N) is 1. The fraction of sp³-hybridized carbons (Fsp3) is 0.625. The van der Waals surface area contributed by atoms with Crippen LogP contribution in [0.3, 0.4) is 0 Å². The summed E-state index contributed by atoms with van der Waals surface area (Å²) in [5.41, 5.74) is 5.08. The zero-order valence-electron chi connectivity index (χ0n) is 8.32. The van der Waals surface area contributed by atoms with Gasteiger partial charge in [-0.2, -0.15) is 0 Å². The molecule has 2 rings (SSSR count). The standard InChI is InChI=1S/C8H12N4OS.ClH/c1-2-5-11-12-7(14-5)10-6(13)8(9)3-4-8;/h2-4,9H2,1H3,(H,10,12,13);1H. The molecule has 1 aliphatic carbocycles.